The van der Waals surface area contributed by atoms with Gasteiger partial charge < -0.3 is 0 Å². The predicted octanol–water partition coefficient (Wildman–Crippen LogP) is 2.60. The van der Waals surface area contributed by atoms with Crippen molar-refractivity contribution >= 4 is 0 Å². The summed E-state index contributed by atoms with van der Waals surface area (Å²) in [5.74, 6) is 7.14. The molecule has 0 amide bonds. The van der Waals surface area contributed by atoms with Crippen molar-refractivity contribution in [2.24, 2.45) is 0 Å². The third-order valence-electron chi connectivity index (χ3n) is 1.87. The Hall–Kier alpha value is -1.36. The fourth-order valence-electron chi connectivity index (χ4n) is 1.17. The zero-order valence-corrected chi connectivity index (χ0v) is 8.66. The van der Waals surface area contributed by atoms with Gasteiger partial charge >= 0.3 is 0 Å². The third kappa shape index (κ3) is 4.61. The van der Waals surface area contributed by atoms with Gasteiger partial charge in [0.25, 0.3) is 0 Å². The van der Waals surface area contributed by atoms with Crippen LogP contribution in [0.4, 0.5) is 0 Å². The Balaban J connectivity index is 2.10. The molecule has 0 aromatic carbocycles. The van der Waals surface area contributed by atoms with E-state index in [9.17, 15) is 0 Å². The highest BCUT2D eigenvalue weighted by molar-refractivity contribution is 4.97. The fraction of sp³-hybridized carbons (Fsp3) is 0.500. The Morgan fingerprint density at radius 1 is 1.14 bits per heavy atom. The van der Waals surface area contributed by atoms with Crippen LogP contribution in [0.1, 0.15) is 38.4 Å². The molecule has 0 saturated carbocycles. The van der Waals surface area contributed by atoms with E-state index in [-0.39, 0.29) is 0 Å². The zero-order valence-electron chi connectivity index (χ0n) is 8.66. The molecule has 0 bridgehead atoms. The van der Waals surface area contributed by atoms with Crippen LogP contribution in [-0.4, -0.2) is 9.97 Å². The number of unbranched alkanes of at least 4 members (excludes halogenated alkanes) is 2. The summed E-state index contributed by atoms with van der Waals surface area (Å²) in [4.78, 5) is 8.33. The van der Waals surface area contributed by atoms with E-state index in [0.717, 1.165) is 37.9 Å². The van der Waals surface area contributed by atoms with Gasteiger partial charge in [-0.3, -0.25) is 0 Å². The van der Waals surface area contributed by atoms with Gasteiger partial charge in [-0.25, -0.2) is 9.97 Å². The molecule has 14 heavy (non-hydrogen) atoms. The molecule has 0 aliphatic carbocycles. The lowest BCUT2D eigenvalue weighted by atomic mass is 10.2. The Kier molecular flexibility index (Phi) is 5.42. The smallest absolute Gasteiger partial charge is 0.128 e. The summed E-state index contributed by atoms with van der Waals surface area (Å²) in [5.41, 5.74) is 0. The van der Waals surface area contributed by atoms with Crippen LogP contribution in [0.25, 0.3) is 0 Å². The van der Waals surface area contributed by atoms with Crippen LogP contribution in [0, 0.1) is 11.8 Å². The Labute approximate surface area is 85.8 Å². The topological polar surface area (TPSA) is 25.8 Å². The molecule has 74 valence electrons. The molecule has 0 spiro atoms. The first kappa shape index (κ1) is 10.7. The first-order valence-corrected chi connectivity index (χ1v) is 5.15. The normalized spacial score (nSPS) is 9.21. The van der Waals surface area contributed by atoms with E-state index in [1.54, 1.807) is 12.4 Å². The van der Waals surface area contributed by atoms with Crippen LogP contribution in [0.5, 0.6) is 0 Å². The Morgan fingerprint density at radius 3 is 2.64 bits per heavy atom. The molecule has 2 nitrogen and oxygen atoms in total. The van der Waals surface area contributed by atoms with Gasteiger partial charge in [-0.2, -0.15) is 0 Å². The minimum atomic E-state index is 0.941. The van der Waals surface area contributed by atoms with E-state index in [2.05, 4.69) is 28.7 Å². The van der Waals surface area contributed by atoms with E-state index >= 15 is 0 Å². The molecule has 0 fully saturated rings. The second-order valence-corrected chi connectivity index (χ2v) is 3.08. The standard InChI is InChI=1S/C12H16N2/c1-2-3-4-5-6-7-9-12-13-10-8-11-14-12/h8,10-11H,2,5-7,9H2,1H3. The second kappa shape index (κ2) is 7.08. The molecule has 0 aliphatic rings. The number of hydrogen-bond acceptors (Lipinski definition) is 2. The summed E-state index contributed by atoms with van der Waals surface area (Å²) in [5, 5.41) is 0. The molecular formula is C12H16N2. The van der Waals surface area contributed by atoms with Gasteiger partial charge in [0, 0.05) is 31.7 Å². The van der Waals surface area contributed by atoms with Crippen molar-refractivity contribution in [1.82, 2.24) is 9.97 Å². The molecule has 0 radical (unpaired) electrons. The van der Waals surface area contributed by atoms with Gasteiger partial charge in [-0.05, 0) is 18.9 Å². The Morgan fingerprint density at radius 2 is 1.93 bits per heavy atom. The highest BCUT2D eigenvalue weighted by Gasteiger charge is 1.93. The zero-order chi connectivity index (χ0) is 10.1. The van der Waals surface area contributed by atoms with Crippen molar-refractivity contribution in [1.29, 1.82) is 0 Å². The molecule has 0 saturated heterocycles. The summed E-state index contributed by atoms with van der Waals surface area (Å²) < 4.78 is 0. The van der Waals surface area contributed by atoms with E-state index in [1.165, 1.54) is 0 Å². The Bertz CT molecular complexity index is 295. The van der Waals surface area contributed by atoms with Crippen LogP contribution in [0.15, 0.2) is 18.5 Å². The van der Waals surface area contributed by atoms with Crippen molar-refractivity contribution < 1.29 is 0 Å². The molecule has 1 aromatic heterocycles. The lowest BCUT2D eigenvalue weighted by molar-refractivity contribution is 0.723. The molecule has 2 heteroatoms. The summed E-state index contributed by atoms with van der Waals surface area (Å²) in [6, 6.07) is 1.84. The van der Waals surface area contributed by atoms with Gasteiger partial charge in [0.05, 0.1) is 0 Å². The van der Waals surface area contributed by atoms with Gasteiger partial charge in [0.1, 0.15) is 5.82 Å². The van der Waals surface area contributed by atoms with Crippen molar-refractivity contribution in [2.45, 2.75) is 39.0 Å². The fourth-order valence-corrected chi connectivity index (χ4v) is 1.17. The first-order chi connectivity index (χ1) is 6.93. The van der Waals surface area contributed by atoms with Crippen molar-refractivity contribution in [2.75, 3.05) is 0 Å². The first-order valence-electron chi connectivity index (χ1n) is 5.15. The molecule has 1 rings (SSSR count). The maximum absolute atomic E-state index is 4.17. The third-order valence-corrected chi connectivity index (χ3v) is 1.87. The highest BCUT2D eigenvalue weighted by Crippen LogP contribution is 2.00. The summed E-state index contributed by atoms with van der Waals surface area (Å²) in [6.45, 7) is 2.07. The molecule has 0 N–H and O–H groups in total. The summed E-state index contributed by atoms with van der Waals surface area (Å²) >= 11 is 0. The molecule has 0 unspecified atom stereocenters. The average molecular weight is 188 g/mol. The van der Waals surface area contributed by atoms with E-state index in [4.69, 9.17) is 0 Å². The second-order valence-electron chi connectivity index (χ2n) is 3.08. The minimum Gasteiger partial charge on any atom is -0.241 e. The van der Waals surface area contributed by atoms with Crippen LogP contribution < -0.4 is 0 Å². The van der Waals surface area contributed by atoms with Gasteiger partial charge in [0.2, 0.25) is 0 Å². The van der Waals surface area contributed by atoms with E-state index < -0.39 is 0 Å². The van der Waals surface area contributed by atoms with Gasteiger partial charge in [-0.1, -0.05) is 6.92 Å². The molecule has 0 atom stereocenters. The van der Waals surface area contributed by atoms with E-state index in [0.29, 0.717) is 0 Å². The lowest BCUT2D eigenvalue weighted by Crippen LogP contribution is -1.92. The molecule has 0 aliphatic heterocycles. The van der Waals surface area contributed by atoms with Crippen LogP contribution in [-0.2, 0) is 6.42 Å². The maximum atomic E-state index is 4.17. The average Bonchev–Trinajstić information content (AvgIpc) is 2.25. The van der Waals surface area contributed by atoms with Crippen LogP contribution in [0.2, 0.25) is 0 Å². The number of hydrogen-bond donors (Lipinski definition) is 0. The lowest BCUT2D eigenvalue weighted by Gasteiger charge is -1.96. The SMILES string of the molecule is CCC#CCCCCc1ncccn1. The monoisotopic (exact) mass is 188 g/mol. The molecular weight excluding hydrogens is 172 g/mol. The summed E-state index contributed by atoms with van der Waals surface area (Å²) in [6.07, 6.45) is 8.78. The van der Waals surface area contributed by atoms with Gasteiger partial charge in [-0.15, -0.1) is 11.8 Å². The minimum absolute atomic E-state index is 0.941. The number of rotatable bonds is 4. The largest absolute Gasteiger partial charge is 0.241 e. The predicted molar refractivity (Wildman–Crippen MR) is 57.7 cm³/mol. The highest BCUT2D eigenvalue weighted by atomic mass is 14.8. The van der Waals surface area contributed by atoms with Crippen molar-refractivity contribution in [3.8, 4) is 11.8 Å². The molecule has 1 heterocycles. The van der Waals surface area contributed by atoms with Gasteiger partial charge in [0.15, 0.2) is 0 Å². The van der Waals surface area contributed by atoms with Crippen LogP contribution in [0.3, 0.4) is 0 Å². The van der Waals surface area contributed by atoms with E-state index in [1.807, 2.05) is 6.07 Å². The van der Waals surface area contributed by atoms with Crippen molar-refractivity contribution in [3.63, 3.8) is 0 Å². The quantitative estimate of drug-likeness (QED) is 0.536. The number of aromatic nitrogens is 2. The van der Waals surface area contributed by atoms with Crippen LogP contribution >= 0.6 is 0 Å². The maximum Gasteiger partial charge on any atom is 0.128 e. The summed E-state index contributed by atoms with van der Waals surface area (Å²) in [7, 11) is 0. The van der Waals surface area contributed by atoms with Crippen molar-refractivity contribution in [3.05, 3.63) is 24.3 Å². The molecule has 1 aromatic rings. The number of nitrogens with zero attached hydrogens (tertiary/aromatic N) is 2. The number of aryl methyl sites for hydroxylation is 1.